The van der Waals surface area contributed by atoms with E-state index in [1.807, 2.05) is 12.2 Å². The van der Waals surface area contributed by atoms with Gasteiger partial charge in [-0.25, -0.2) is 8.42 Å². The Labute approximate surface area is 92.7 Å². The highest BCUT2D eigenvalue weighted by Gasteiger charge is 2.33. The van der Waals surface area contributed by atoms with Crippen LogP contribution < -0.4 is 0 Å². The molecule has 0 aromatic heterocycles. The number of hydrogen-bond donors (Lipinski definition) is 0. The van der Waals surface area contributed by atoms with Crippen molar-refractivity contribution in [3.05, 3.63) is 12.2 Å². The summed E-state index contributed by atoms with van der Waals surface area (Å²) in [5.74, 6) is 0. The molecule has 2 aliphatic carbocycles. The van der Waals surface area contributed by atoms with Crippen LogP contribution in [0.1, 0.15) is 51.4 Å². The SMILES string of the molecule is O=S(=O)(C1C=CCCC1)C1CCCCC1. The van der Waals surface area contributed by atoms with Crippen LogP contribution in [0.3, 0.4) is 0 Å². The second-order valence-electron chi connectivity index (χ2n) is 4.75. The molecule has 86 valence electrons. The van der Waals surface area contributed by atoms with Gasteiger partial charge in [0.25, 0.3) is 0 Å². The van der Waals surface area contributed by atoms with E-state index < -0.39 is 9.84 Å². The fourth-order valence-corrected chi connectivity index (χ4v) is 5.01. The lowest BCUT2D eigenvalue weighted by Gasteiger charge is -2.26. The molecule has 2 rings (SSSR count). The van der Waals surface area contributed by atoms with Crippen molar-refractivity contribution in [3.8, 4) is 0 Å². The van der Waals surface area contributed by atoms with E-state index in [4.69, 9.17) is 0 Å². The Morgan fingerprint density at radius 2 is 1.67 bits per heavy atom. The minimum atomic E-state index is -2.87. The van der Waals surface area contributed by atoms with Crippen molar-refractivity contribution in [2.45, 2.75) is 61.9 Å². The molecule has 0 aromatic rings. The quantitative estimate of drug-likeness (QED) is 0.681. The fourth-order valence-electron chi connectivity index (χ4n) is 2.70. The van der Waals surface area contributed by atoms with Gasteiger partial charge in [-0.15, -0.1) is 0 Å². The number of hydrogen-bond acceptors (Lipinski definition) is 2. The maximum absolute atomic E-state index is 12.3. The third kappa shape index (κ3) is 2.44. The van der Waals surface area contributed by atoms with E-state index in [1.165, 1.54) is 6.42 Å². The van der Waals surface area contributed by atoms with Crippen LogP contribution in [0.4, 0.5) is 0 Å². The molecule has 0 aliphatic heterocycles. The van der Waals surface area contributed by atoms with Crippen molar-refractivity contribution < 1.29 is 8.42 Å². The molecule has 0 heterocycles. The summed E-state index contributed by atoms with van der Waals surface area (Å²) in [4.78, 5) is 0. The summed E-state index contributed by atoms with van der Waals surface area (Å²) >= 11 is 0. The van der Waals surface area contributed by atoms with E-state index >= 15 is 0 Å². The van der Waals surface area contributed by atoms with Crippen LogP contribution in [-0.4, -0.2) is 18.9 Å². The minimum absolute atomic E-state index is 0.0426. The van der Waals surface area contributed by atoms with Gasteiger partial charge >= 0.3 is 0 Å². The van der Waals surface area contributed by atoms with E-state index in [-0.39, 0.29) is 10.5 Å². The Kier molecular flexibility index (Phi) is 3.49. The van der Waals surface area contributed by atoms with Crippen molar-refractivity contribution in [1.82, 2.24) is 0 Å². The molecule has 2 aliphatic rings. The smallest absolute Gasteiger partial charge is 0.159 e. The summed E-state index contributed by atoms with van der Waals surface area (Å²) < 4.78 is 24.6. The van der Waals surface area contributed by atoms with Gasteiger partial charge in [0.15, 0.2) is 9.84 Å². The summed E-state index contributed by atoms with van der Waals surface area (Å²) in [6.45, 7) is 0. The molecule has 0 radical (unpaired) electrons. The largest absolute Gasteiger partial charge is 0.228 e. The maximum Gasteiger partial charge on any atom is 0.159 e. The van der Waals surface area contributed by atoms with Crippen LogP contribution in [0.25, 0.3) is 0 Å². The lowest BCUT2D eigenvalue weighted by atomic mass is 10.0. The lowest BCUT2D eigenvalue weighted by Crippen LogP contribution is -2.33. The van der Waals surface area contributed by atoms with Crippen molar-refractivity contribution >= 4 is 9.84 Å². The Morgan fingerprint density at radius 3 is 2.27 bits per heavy atom. The number of rotatable bonds is 2. The maximum atomic E-state index is 12.3. The molecular formula is C12H20O2S. The van der Waals surface area contributed by atoms with Gasteiger partial charge in [-0.05, 0) is 32.1 Å². The topological polar surface area (TPSA) is 34.1 Å². The van der Waals surface area contributed by atoms with Crippen LogP contribution in [0.15, 0.2) is 12.2 Å². The highest BCUT2D eigenvalue weighted by atomic mass is 32.2. The van der Waals surface area contributed by atoms with Gasteiger partial charge in [0.2, 0.25) is 0 Å². The van der Waals surface area contributed by atoms with Crippen LogP contribution >= 0.6 is 0 Å². The molecular weight excluding hydrogens is 208 g/mol. The third-order valence-electron chi connectivity index (χ3n) is 3.65. The molecule has 0 spiro atoms. The van der Waals surface area contributed by atoms with Gasteiger partial charge in [-0.3, -0.25) is 0 Å². The van der Waals surface area contributed by atoms with Gasteiger partial charge in [-0.2, -0.15) is 0 Å². The number of sulfone groups is 1. The van der Waals surface area contributed by atoms with Gasteiger partial charge < -0.3 is 0 Å². The van der Waals surface area contributed by atoms with Crippen LogP contribution in [0.2, 0.25) is 0 Å². The number of allylic oxidation sites excluding steroid dienone is 1. The molecule has 15 heavy (non-hydrogen) atoms. The van der Waals surface area contributed by atoms with E-state index in [0.29, 0.717) is 0 Å². The molecule has 1 fully saturated rings. The zero-order valence-corrected chi connectivity index (χ0v) is 10.0. The molecule has 2 nitrogen and oxygen atoms in total. The first-order valence-corrected chi connectivity index (χ1v) is 7.71. The van der Waals surface area contributed by atoms with Gasteiger partial charge in [0.05, 0.1) is 10.5 Å². The highest BCUT2D eigenvalue weighted by Crippen LogP contribution is 2.29. The van der Waals surface area contributed by atoms with Gasteiger partial charge in [0.1, 0.15) is 0 Å². The standard InChI is InChI=1S/C12H20O2S/c13-15(14,11-7-3-1-4-8-11)12-9-5-2-6-10-12/h3,7,11-12H,1-2,4-6,8-10H2. The normalized spacial score (nSPS) is 29.2. The Balaban J connectivity index is 2.10. The average molecular weight is 228 g/mol. The average Bonchev–Trinajstić information content (AvgIpc) is 2.31. The first-order chi connectivity index (χ1) is 7.21. The van der Waals surface area contributed by atoms with Gasteiger partial charge in [-0.1, -0.05) is 31.4 Å². The third-order valence-corrected chi connectivity index (χ3v) is 6.29. The van der Waals surface area contributed by atoms with Crippen molar-refractivity contribution in [1.29, 1.82) is 0 Å². The Bertz CT molecular complexity index is 324. The summed E-state index contributed by atoms with van der Waals surface area (Å²) in [5.41, 5.74) is 0. The van der Waals surface area contributed by atoms with Crippen molar-refractivity contribution in [3.63, 3.8) is 0 Å². The van der Waals surface area contributed by atoms with E-state index in [1.54, 1.807) is 0 Å². The Morgan fingerprint density at radius 1 is 0.933 bits per heavy atom. The van der Waals surface area contributed by atoms with Crippen LogP contribution in [-0.2, 0) is 9.84 Å². The molecule has 1 atom stereocenters. The molecule has 0 bridgehead atoms. The minimum Gasteiger partial charge on any atom is -0.228 e. The van der Waals surface area contributed by atoms with Crippen molar-refractivity contribution in [2.75, 3.05) is 0 Å². The molecule has 0 aromatic carbocycles. The predicted octanol–water partition coefficient (Wildman–Crippen LogP) is 2.84. The van der Waals surface area contributed by atoms with Crippen molar-refractivity contribution in [2.24, 2.45) is 0 Å². The summed E-state index contributed by atoms with van der Waals surface area (Å²) in [6, 6.07) is 0. The summed E-state index contributed by atoms with van der Waals surface area (Å²) in [7, 11) is -2.87. The molecule has 1 saturated carbocycles. The van der Waals surface area contributed by atoms with E-state index in [0.717, 1.165) is 44.9 Å². The predicted molar refractivity (Wildman–Crippen MR) is 62.6 cm³/mol. The van der Waals surface area contributed by atoms with Crippen LogP contribution in [0, 0.1) is 0 Å². The molecule has 0 N–H and O–H groups in total. The molecule has 3 heteroatoms. The lowest BCUT2D eigenvalue weighted by molar-refractivity contribution is 0.477. The first-order valence-electron chi connectivity index (χ1n) is 6.10. The second-order valence-corrected chi connectivity index (χ2v) is 7.20. The zero-order chi connectivity index (χ0) is 10.7. The Hall–Kier alpha value is -0.310. The van der Waals surface area contributed by atoms with E-state index in [9.17, 15) is 8.42 Å². The van der Waals surface area contributed by atoms with Gasteiger partial charge in [0, 0.05) is 0 Å². The summed E-state index contributed by atoms with van der Waals surface area (Å²) in [6.07, 6.45) is 12.1. The molecule has 0 amide bonds. The highest BCUT2D eigenvalue weighted by molar-refractivity contribution is 7.92. The summed E-state index contributed by atoms with van der Waals surface area (Å²) in [5, 5.41) is -0.214. The molecule has 1 unspecified atom stereocenters. The second kappa shape index (κ2) is 4.69. The molecule has 0 saturated heterocycles. The zero-order valence-electron chi connectivity index (χ0n) is 9.19. The fraction of sp³-hybridized carbons (Fsp3) is 0.833. The first kappa shape index (κ1) is 11.2. The monoisotopic (exact) mass is 228 g/mol. The van der Waals surface area contributed by atoms with Crippen LogP contribution in [0.5, 0.6) is 0 Å². The van der Waals surface area contributed by atoms with E-state index in [2.05, 4.69) is 0 Å².